The summed E-state index contributed by atoms with van der Waals surface area (Å²) in [6.45, 7) is 6.58. The van der Waals surface area contributed by atoms with E-state index in [4.69, 9.17) is 9.84 Å². The average molecular weight is 262 g/mol. The smallest absolute Gasteiger partial charge is 0.335 e. The van der Waals surface area contributed by atoms with Crippen molar-refractivity contribution in [2.75, 3.05) is 7.11 Å². The van der Waals surface area contributed by atoms with Crippen LogP contribution in [0.2, 0.25) is 0 Å². The number of aromatic carboxylic acids is 1. The van der Waals surface area contributed by atoms with Gasteiger partial charge in [0, 0.05) is 7.11 Å². The Morgan fingerprint density at radius 3 is 2.74 bits per heavy atom. The van der Waals surface area contributed by atoms with Crippen LogP contribution in [0.5, 0.6) is 0 Å². The molecule has 0 saturated heterocycles. The SMILES string of the molecule is COC(C)(C)Cn1c(C)nc2cc(C(=O)O)ccc21. The molecule has 1 aromatic heterocycles. The number of hydrogen-bond acceptors (Lipinski definition) is 3. The van der Waals surface area contributed by atoms with E-state index in [0.717, 1.165) is 11.3 Å². The van der Waals surface area contributed by atoms with E-state index in [1.54, 1.807) is 25.3 Å². The Morgan fingerprint density at radius 2 is 2.16 bits per heavy atom. The molecule has 5 heteroatoms. The number of carboxylic acids is 1. The van der Waals surface area contributed by atoms with Crippen LogP contribution in [-0.2, 0) is 11.3 Å². The number of rotatable bonds is 4. The summed E-state index contributed by atoms with van der Waals surface area (Å²) in [5, 5.41) is 8.99. The molecule has 0 spiro atoms. The molecule has 5 nitrogen and oxygen atoms in total. The fourth-order valence-corrected chi connectivity index (χ4v) is 2.03. The van der Waals surface area contributed by atoms with Gasteiger partial charge in [0.05, 0.1) is 28.7 Å². The Hall–Kier alpha value is -1.88. The summed E-state index contributed by atoms with van der Waals surface area (Å²) >= 11 is 0. The molecule has 0 aliphatic rings. The van der Waals surface area contributed by atoms with Gasteiger partial charge in [-0.1, -0.05) is 0 Å². The molecule has 1 aromatic carbocycles. The maximum absolute atomic E-state index is 11.0. The second kappa shape index (κ2) is 4.66. The second-order valence-electron chi connectivity index (χ2n) is 5.22. The summed E-state index contributed by atoms with van der Waals surface area (Å²) in [6.07, 6.45) is 0. The van der Waals surface area contributed by atoms with Crippen molar-refractivity contribution in [3.63, 3.8) is 0 Å². The van der Waals surface area contributed by atoms with Gasteiger partial charge in [0.2, 0.25) is 0 Å². The van der Waals surface area contributed by atoms with Crippen LogP contribution in [-0.4, -0.2) is 33.3 Å². The first kappa shape index (κ1) is 13.5. The van der Waals surface area contributed by atoms with E-state index in [-0.39, 0.29) is 11.2 Å². The molecule has 2 aromatic rings. The van der Waals surface area contributed by atoms with Gasteiger partial charge in [-0.25, -0.2) is 9.78 Å². The molecule has 2 rings (SSSR count). The molecular formula is C14H18N2O3. The lowest BCUT2D eigenvalue weighted by molar-refractivity contribution is 0.00858. The van der Waals surface area contributed by atoms with Crippen molar-refractivity contribution in [3.8, 4) is 0 Å². The van der Waals surface area contributed by atoms with Gasteiger partial charge in [0.15, 0.2) is 0 Å². The molecule has 0 aliphatic carbocycles. The summed E-state index contributed by atoms with van der Waals surface area (Å²) in [7, 11) is 1.68. The zero-order valence-corrected chi connectivity index (χ0v) is 11.6. The lowest BCUT2D eigenvalue weighted by Gasteiger charge is -2.24. The van der Waals surface area contributed by atoms with Gasteiger partial charge in [0.25, 0.3) is 0 Å². The zero-order valence-electron chi connectivity index (χ0n) is 11.6. The predicted octanol–water partition coefficient (Wildman–Crippen LogP) is 2.47. The van der Waals surface area contributed by atoms with Crippen LogP contribution in [0.15, 0.2) is 18.2 Å². The van der Waals surface area contributed by atoms with Gasteiger partial charge in [-0.05, 0) is 39.0 Å². The highest BCUT2D eigenvalue weighted by atomic mass is 16.5. The third-order valence-corrected chi connectivity index (χ3v) is 3.28. The summed E-state index contributed by atoms with van der Waals surface area (Å²) in [5.41, 5.74) is 1.57. The van der Waals surface area contributed by atoms with Gasteiger partial charge >= 0.3 is 5.97 Å². The molecule has 1 N–H and O–H groups in total. The van der Waals surface area contributed by atoms with E-state index < -0.39 is 5.97 Å². The van der Waals surface area contributed by atoms with E-state index in [1.807, 2.05) is 25.3 Å². The maximum atomic E-state index is 11.0. The van der Waals surface area contributed by atoms with Crippen molar-refractivity contribution in [1.82, 2.24) is 9.55 Å². The highest BCUT2D eigenvalue weighted by Gasteiger charge is 2.20. The topological polar surface area (TPSA) is 64.4 Å². The fraction of sp³-hybridized carbons (Fsp3) is 0.429. The monoisotopic (exact) mass is 262 g/mol. The first-order valence-electron chi connectivity index (χ1n) is 6.09. The highest BCUT2D eigenvalue weighted by Crippen LogP contribution is 2.21. The molecule has 102 valence electrons. The molecule has 0 radical (unpaired) electrons. The summed E-state index contributed by atoms with van der Waals surface area (Å²) in [6, 6.07) is 4.99. The number of hydrogen-bond donors (Lipinski definition) is 1. The van der Waals surface area contributed by atoms with Crippen LogP contribution in [0, 0.1) is 6.92 Å². The fourth-order valence-electron chi connectivity index (χ4n) is 2.03. The van der Waals surface area contributed by atoms with Crippen LogP contribution in [0.4, 0.5) is 0 Å². The quantitative estimate of drug-likeness (QED) is 0.919. The number of imidazole rings is 1. The Morgan fingerprint density at radius 1 is 1.47 bits per heavy atom. The van der Waals surface area contributed by atoms with E-state index in [1.165, 1.54) is 0 Å². The predicted molar refractivity (Wildman–Crippen MR) is 72.5 cm³/mol. The molecule has 0 fully saturated rings. The molecule has 0 atom stereocenters. The molecule has 0 unspecified atom stereocenters. The van der Waals surface area contributed by atoms with Crippen LogP contribution in [0.1, 0.15) is 30.0 Å². The minimum atomic E-state index is -0.939. The largest absolute Gasteiger partial charge is 0.478 e. The lowest BCUT2D eigenvalue weighted by Crippen LogP contribution is -2.29. The number of carbonyl (C=O) groups is 1. The number of nitrogens with zero attached hydrogens (tertiary/aromatic N) is 2. The van der Waals surface area contributed by atoms with Gasteiger partial charge in [-0.15, -0.1) is 0 Å². The number of aromatic nitrogens is 2. The Balaban J connectivity index is 2.51. The van der Waals surface area contributed by atoms with E-state index in [9.17, 15) is 4.79 Å². The summed E-state index contributed by atoms with van der Waals surface area (Å²) in [4.78, 5) is 15.4. The van der Waals surface area contributed by atoms with Crippen molar-refractivity contribution in [1.29, 1.82) is 0 Å². The van der Waals surface area contributed by atoms with Crippen LogP contribution < -0.4 is 0 Å². The molecule has 0 amide bonds. The minimum Gasteiger partial charge on any atom is -0.478 e. The maximum Gasteiger partial charge on any atom is 0.335 e. The van der Waals surface area contributed by atoms with E-state index in [0.29, 0.717) is 12.1 Å². The van der Waals surface area contributed by atoms with E-state index >= 15 is 0 Å². The Kier molecular flexibility index (Phi) is 3.32. The average Bonchev–Trinajstić information content (AvgIpc) is 2.65. The standard InChI is InChI=1S/C14H18N2O3/c1-9-15-11-7-10(13(17)18)5-6-12(11)16(9)8-14(2,3)19-4/h5-7H,8H2,1-4H3,(H,17,18). The van der Waals surface area contributed by atoms with Gasteiger partial charge in [-0.3, -0.25) is 0 Å². The van der Waals surface area contributed by atoms with Gasteiger partial charge < -0.3 is 14.4 Å². The molecule has 0 saturated carbocycles. The molecular weight excluding hydrogens is 244 g/mol. The zero-order chi connectivity index (χ0) is 14.2. The third kappa shape index (κ3) is 2.61. The number of aryl methyl sites for hydroxylation is 1. The molecule has 0 bridgehead atoms. The Bertz CT molecular complexity index is 629. The van der Waals surface area contributed by atoms with Crippen molar-refractivity contribution in [2.24, 2.45) is 0 Å². The first-order valence-corrected chi connectivity index (χ1v) is 6.09. The van der Waals surface area contributed by atoms with Crippen LogP contribution >= 0.6 is 0 Å². The highest BCUT2D eigenvalue weighted by molar-refractivity contribution is 5.92. The summed E-state index contributed by atoms with van der Waals surface area (Å²) < 4.78 is 7.48. The number of carboxylic acid groups (broad SMARTS) is 1. The summed E-state index contributed by atoms with van der Waals surface area (Å²) in [5.74, 6) is -0.0889. The lowest BCUT2D eigenvalue weighted by atomic mass is 10.1. The van der Waals surface area contributed by atoms with Crippen LogP contribution in [0.25, 0.3) is 11.0 Å². The number of methoxy groups -OCH3 is 1. The van der Waals surface area contributed by atoms with Gasteiger partial charge in [-0.2, -0.15) is 0 Å². The third-order valence-electron chi connectivity index (χ3n) is 3.28. The molecule has 19 heavy (non-hydrogen) atoms. The number of benzene rings is 1. The number of fused-ring (bicyclic) bond motifs is 1. The minimum absolute atomic E-state index is 0.253. The van der Waals surface area contributed by atoms with Crippen molar-refractivity contribution in [3.05, 3.63) is 29.6 Å². The van der Waals surface area contributed by atoms with Gasteiger partial charge in [0.1, 0.15) is 5.82 Å². The second-order valence-corrected chi connectivity index (χ2v) is 5.22. The Labute approximate surface area is 111 Å². The van der Waals surface area contributed by atoms with Crippen molar-refractivity contribution < 1.29 is 14.6 Å². The van der Waals surface area contributed by atoms with Crippen molar-refractivity contribution in [2.45, 2.75) is 32.9 Å². The molecule has 1 heterocycles. The first-order chi connectivity index (χ1) is 8.84. The normalized spacial score (nSPS) is 12.0. The number of ether oxygens (including phenoxy) is 1. The van der Waals surface area contributed by atoms with E-state index in [2.05, 4.69) is 4.98 Å². The van der Waals surface area contributed by atoms with Crippen LogP contribution in [0.3, 0.4) is 0 Å². The van der Waals surface area contributed by atoms with Crippen molar-refractivity contribution >= 4 is 17.0 Å². The molecule has 0 aliphatic heterocycles.